The molecule has 1 aromatic carbocycles. The van der Waals surface area contributed by atoms with E-state index in [1.54, 1.807) is 17.0 Å². The second-order valence-electron chi connectivity index (χ2n) is 7.79. The highest BCUT2D eigenvalue weighted by molar-refractivity contribution is 5.88. The molecule has 0 bridgehead atoms. The van der Waals surface area contributed by atoms with Crippen LogP contribution < -0.4 is 10.1 Å². The quantitative estimate of drug-likeness (QED) is 0.876. The van der Waals surface area contributed by atoms with Gasteiger partial charge in [-0.25, -0.2) is 4.39 Å². The fourth-order valence-corrected chi connectivity index (χ4v) is 4.40. The van der Waals surface area contributed by atoms with Crippen LogP contribution in [0.2, 0.25) is 0 Å². The first kappa shape index (κ1) is 18.9. The number of carbonyl (C=O) groups is 1. The zero-order chi connectivity index (χ0) is 19.9. The van der Waals surface area contributed by atoms with Crippen LogP contribution in [0.3, 0.4) is 0 Å². The lowest BCUT2D eigenvalue weighted by Crippen LogP contribution is -2.47. The molecule has 0 aliphatic carbocycles. The summed E-state index contributed by atoms with van der Waals surface area (Å²) in [4.78, 5) is 19.1. The van der Waals surface area contributed by atoms with E-state index in [2.05, 4.69) is 10.3 Å². The molecule has 28 heavy (non-hydrogen) atoms. The molecule has 2 aromatic rings. The van der Waals surface area contributed by atoms with Crippen LogP contribution in [-0.2, 0) is 4.79 Å². The molecule has 1 amide bonds. The number of hydrogen-bond acceptors (Lipinski definition) is 4. The lowest BCUT2D eigenvalue weighted by molar-refractivity contribution is -0.131. The normalized spacial score (nSPS) is 24.4. The third-order valence-corrected chi connectivity index (χ3v) is 5.83. The van der Waals surface area contributed by atoms with Gasteiger partial charge in [0, 0.05) is 24.8 Å². The first-order chi connectivity index (χ1) is 13.4. The number of nitrogens with one attached hydrogen (secondary N) is 1. The zero-order valence-electron chi connectivity index (χ0n) is 16.6. The van der Waals surface area contributed by atoms with Crippen LogP contribution in [0.15, 0.2) is 30.3 Å². The number of halogens is 1. The monoisotopic (exact) mass is 383 g/mol. The van der Waals surface area contributed by atoms with Crippen molar-refractivity contribution in [2.75, 3.05) is 20.2 Å². The summed E-state index contributed by atoms with van der Waals surface area (Å²) in [7, 11) is 1.85. The second-order valence-corrected chi connectivity index (χ2v) is 7.79. The average molecular weight is 383 g/mol. The summed E-state index contributed by atoms with van der Waals surface area (Å²) in [5.74, 6) is 0.522. The van der Waals surface area contributed by atoms with Gasteiger partial charge in [0.25, 0.3) is 0 Å². The topological polar surface area (TPSA) is 54.5 Å². The molecular weight excluding hydrogens is 357 g/mol. The summed E-state index contributed by atoms with van der Waals surface area (Å²) in [5.41, 5.74) is 2.49. The minimum Gasteiger partial charge on any atom is -0.494 e. The first-order valence-electron chi connectivity index (χ1n) is 9.86. The van der Waals surface area contributed by atoms with E-state index in [9.17, 15) is 9.18 Å². The predicted molar refractivity (Wildman–Crippen MR) is 106 cm³/mol. The van der Waals surface area contributed by atoms with Crippen molar-refractivity contribution < 1.29 is 13.9 Å². The van der Waals surface area contributed by atoms with Crippen molar-refractivity contribution in [3.63, 3.8) is 0 Å². The molecule has 2 fully saturated rings. The molecule has 5 nitrogen and oxygen atoms in total. The number of rotatable bonds is 4. The molecule has 2 aliphatic rings. The molecular formula is C22H26FN3O2. The second kappa shape index (κ2) is 7.17. The summed E-state index contributed by atoms with van der Waals surface area (Å²) < 4.78 is 20.1. The number of benzene rings is 1. The van der Waals surface area contributed by atoms with Gasteiger partial charge in [0.15, 0.2) is 0 Å². The Morgan fingerprint density at radius 2 is 2.14 bits per heavy atom. The van der Waals surface area contributed by atoms with Crippen molar-refractivity contribution in [2.45, 2.75) is 44.7 Å². The number of aryl methyl sites for hydroxylation is 1. The summed E-state index contributed by atoms with van der Waals surface area (Å²) in [5, 5.41) is 3.54. The van der Waals surface area contributed by atoms with Gasteiger partial charge >= 0.3 is 0 Å². The Kier molecular flexibility index (Phi) is 4.83. The Morgan fingerprint density at radius 1 is 1.32 bits per heavy atom. The molecule has 2 atom stereocenters. The SMILES string of the molecule is CCOc1ccc(F)c(-c2cc(C)nc([C@H]3CC[C@]4(CCN(C)C4=O)N3)c2)c1. The van der Waals surface area contributed by atoms with Gasteiger partial charge in [0.05, 0.1) is 18.3 Å². The minimum atomic E-state index is -0.467. The predicted octanol–water partition coefficient (Wildman–Crippen LogP) is 3.62. The molecule has 148 valence electrons. The Labute approximate surface area is 164 Å². The molecule has 1 N–H and O–H groups in total. The number of likely N-dealkylation sites (tertiary alicyclic amines) is 1. The van der Waals surface area contributed by atoms with Crippen LogP contribution in [0.25, 0.3) is 11.1 Å². The largest absolute Gasteiger partial charge is 0.494 e. The Morgan fingerprint density at radius 3 is 2.86 bits per heavy atom. The zero-order valence-corrected chi connectivity index (χ0v) is 16.6. The highest BCUT2D eigenvalue weighted by Gasteiger charge is 2.50. The third-order valence-electron chi connectivity index (χ3n) is 5.83. The van der Waals surface area contributed by atoms with E-state index in [1.165, 1.54) is 6.07 Å². The third kappa shape index (κ3) is 3.26. The Hall–Kier alpha value is -2.47. The van der Waals surface area contributed by atoms with Gasteiger partial charge in [0.1, 0.15) is 17.1 Å². The van der Waals surface area contributed by atoms with E-state index in [0.29, 0.717) is 17.9 Å². The highest BCUT2D eigenvalue weighted by atomic mass is 19.1. The molecule has 4 rings (SSSR count). The molecule has 2 saturated heterocycles. The van der Waals surface area contributed by atoms with Crippen LogP contribution >= 0.6 is 0 Å². The summed E-state index contributed by atoms with van der Waals surface area (Å²) in [6, 6.07) is 8.62. The van der Waals surface area contributed by atoms with E-state index >= 15 is 0 Å². The van der Waals surface area contributed by atoms with Gasteiger partial charge in [-0.05, 0) is 69.0 Å². The number of amides is 1. The number of likely N-dealkylation sites (N-methyl/N-ethyl adjacent to an activating group) is 1. The van der Waals surface area contributed by atoms with Crippen LogP contribution in [0.5, 0.6) is 5.75 Å². The number of carbonyl (C=O) groups excluding carboxylic acids is 1. The van der Waals surface area contributed by atoms with E-state index in [1.807, 2.05) is 33.0 Å². The molecule has 3 heterocycles. The van der Waals surface area contributed by atoms with Crippen molar-refractivity contribution in [3.8, 4) is 16.9 Å². The van der Waals surface area contributed by atoms with Crippen molar-refractivity contribution in [1.82, 2.24) is 15.2 Å². The molecule has 2 aliphatic heterocycles. The van der Waals surface area contributed by atoms with Crippen LogP contribution in [0.4, 0.5) is 4.39 Å². The van der Waals surface area contributed by atoms with Crippen molar-refractivity contribution in [3.05, 3.63) is 47.5 Å². The molecule has 1 spiro atoms. The smallest absolute Gasteiger partial charge is 0.242 e. The van der Waals surface area contributed by atoms with E-state index in [-0.39, 0.29) is 17.8 Å². The van der Waals surface area contributed by atoms with Gasteiger partial charge in [-0.3, -0.25) is 15.1 Å². The summed E-state index contributed by atoms with van der Waals surface area (Å²) in [6.07, 6.45) is 2.47. The number of ether oxygens (including phenoxy) is 1. The van der Waals surface area contributed by atoms with Crippen LogP contribution in [0.1, 0.15) is 43.6 Å². The molecule has 1 aromatic heterocycles. The summed E-state index contributed by atoms with van der Waals surface area (Å²) >= 11 is 0. The average Bonchev–Trinajstić information content (AvgIpc) is 3.23. The van der Waals surface area contributed by atoms with Crippen LogP contribution in [0, 0.1) is 12.7 Å². The van der Waals surface area contributed by atoms with Gasteiger partial charge in [-0.1, -0.05) is 0 Å². The van der Waals surface area contributed by atoms with E-state index in [0.717, 1.165) is 42.8 Å². The van der Waals surface area contributed by atoms with Crippen molar-refractivity contribution in [2.24, 2.45) is 0 Å². The van der Waals surface area contributed by atoms with Crippen molar-refractivity contribution >= 4 is 5.91 Å². The number of hydrogen-bond donors (Lipinski definition) is 1. The van der Waals surface area contributed by atoms with Gasteiger partial charge in [0.2, 0.25) is 5.91 Å². The lowest BCUT2D eigenvalue weighted by atomic mass is 9.96. The molecule has 6 heteroatoms. The Balaban J connectivity index is 1.66. The van der Waals surface area contributed by atoms with Gasteiger partial charge in [-0.15, -0.1) is 0 Å². The summed E-state index contributed by atoms with van der Waals surface area (Å²) in [6.45, 7) is 5.13. The fourth-order valence-electron chi connectivity index (χ4n) is 4.40. The van der Waals surface area contributed by atoms with Crippen LogP contribution in [-0.4, -0.2) is 41.5 Å². The number of nitrogens with zero attached hydrogens (tertiary/aromatic N) is 2. The number of aromatic nitrogens is 1. The van der Waals surface area contributed by atoms with Crippen molar-refractivity contribution in [1.29, 1.82) is 0 Å². The molecule has 0 saturated carbocycles. The Bertz CT molecular complexity index is 917. The fraction of sp³-hybridized carbons (Fsp3) is 0.455. The molecule has 0 unspecified atom stereocenters. The maximum atomic E-state index is 14.5. The standard InChI is InChI=1S/C22H26FN3O2/c1-4-28-16-5-6-18(23)17(13-16)15-11-14(2)24-20(12-15)19-7-8-22(25-19)9-10-26(3)21(22)27/h5-6,11-13,19,25H,4,7-10H2,1-3H3/t19-,22-/m1/s1. The minimum absolute atomic E-state index is 0.00719. The van der Waals surface area contributed by atoms with E-state index in [4.69, 9.17) is 4.74 Å². The lowest BCUT2D eigenvalue weighted by Gasteiger charge is -2.23. The first-order valence-corrected chi connectivity index (χ1v) is 9.86. The maximum absolute atomic E-state index is 14.5. The maximum Gasteiger partial charge on any atom is 0.242 e. The van der Waals surface area contributed by atoms with E-state index < -0.39 is 5.54 Å². The molecule has 0 radical (unpaired) electrons. The van der Waals surface area contributed by atoms with Gasteiger partial charge < -0.3 is 9.64 Å². The highest BCUT2D eigenvalue weighted by Crippen LogP contribution is 2.39. The number of pyridine rings is 1. The van der Waals surface area contributed by atoms with Gasteiger partial charge in [-0.2, -0.15) is 0 Å².